The van der Waals surface area contributed by atoms with Crippen LogP contribution in [0, 0.1) is 5.92 Å². The summed E-state index contributed by atoms with van der Waals surface area (Å²) in [4.78, 5) is 41.9. The van der Waals surface area contributed by atoms with Gasteiger partial charge in [-0.1, -0.05) is 105 Å². The molecule has 0 radical (unpaired) electrons. The molecule has 0 saturated carbocycles. The molecule has 2 heterocycles. The van der Waals surface area contributed by atoms with Crippen LogP contribution in [0.25, 0.3) is 0 Å². The van der Waals surface area contributed by atoms with Gasteiger partial charge in [-0.25, -0.2) is 13.9 Å². The number of rotatable bonds is 14. The second kappa shape index (κ2) is 16.4. The van der Waals surface area contributed by atoms with Crippen molar-refractivity contribution in [1.29, 1.82) is 0 Å². The van der Waals surface area contributed by atoms with E-state index in [4.69, 9.17) is 9.47 Å². The van der Waals surface area contributed by atoms with E-state index >= 15 is 0 Å². The van der Waals surface area contributed by atoms with Crippen LogP contribution in [-0.2, 0) is 44.9 Å². The fourth-order valence-corrected chi connectivity index (χ4v) is 6.49. The Morgan fingerprint density at radius 2 is 1.55 bits per heavy atom. The fraction of sp³-hybridized carbons (Fsp3) is 0.385. The number of carbonyl (C=O) groups excluding carboxylic acids is 3. The number of imidazole rings is 1. The maximum absolute atomic E-state index is 14.2. The molecule has 0 aliphatic carbocycles. The molecule has 3 atom stereocenters. The lowest BCUT2D eigenvalue weighted by Gasteiger charge is -2.40. The molecule has 10 heteroatoms. The molecule has 1 aromatic heterocycles. The molecule has 1 fully saturated rings. The van der Waals surface area contributed by atoms with Crippen molar-refractivity contribution in [2.45, 2.75) is 76.5 Å². The summed E-state index contributed by atoms with van der Waals surface area (Å²) in [6, 6.07) is 26.1. The highest BCUT2D eigenvalue weighted by Gasteiger charge is 2.47. The highest BCUT2D eigenvalue weighted by Crippen LogP contribution is 2.36. The number of esters is 1. The normalized spacial score (nSPS) is 16.7. The zero-order valence-corrected chi connectivity index (χ0v) is 28.5. The number of nitrogens with zero attached hydrogens (tertiary/aromatic N) is 3. The molecule has 2 amide bonds. The molecule has 0 bridgehead atoms. The second-order valence-corrected chi connectivity index (χ2v) is 13.1. The van der Waals surface area contributed by atoms with Gasteiger partial charge in [-0.3, -0.25) is 14.5 Å². The molecule has 10 nitrogen and oxygen atoms in total. The van der Waals surface area contributed by atoms with E-state index in [1.165, 1.54) is 4.90 Å². The Bertz CT molecular complexity index is 1620. The minimum absolute atomic E-state index is 0.0191. The van der Waals surface area contributed by atoms with E-state index in [9.17, 15) is 19.5 Å². The average molecular weight is 668 g/mol. The maximum Gasteiger partial charge on any atom is 0.410 e. The Morgan fingerprint density at radius 1 is 0.939 bits per heavy atom. The number of hydrogen-bond donors (Lipinski definition) is 2. The predicted octanol–water partition coefficient (Wildman–Crippen LogP) is 4.88. The Kier molecular flexibility index (Phi) is 11.9. The van der Waals surface area contributed by atoms with E-state index in [0.717, 1.165) is 18.5 Å². The number of benzene rings is 3. The minimum Gasteiger partial charge on any atom is -0.460 e. The summed E-state index contributed by atoms with van der Waals surface area (Å²) in [5.41, 5.74) is 0.489. The zero-order valence-electron chi connectivity index (χ0n) is 28.5. The molecular formula is C39H47N4O6+. The van der Waals surface area contributed by atoms with Crippen molar-refractivity contribution in [2.24, 2.45) is 13.0 Å². The van der Waals surface area contributed by atoms with E-state index < -0.39 is 35.8 Å². The monoisotopic (exact) mass is 667 g/mol. The van der Waals surface area contributed by atoms with Crippen LogP contribution < -0.4 is 9.88 Å². The third-order valence-electron chi connectivity index (χ3n) is 9.02. The lowest BCUT2D eigenvalue weighted by atomic mass is 9.75. The van der Waals surface area contributed by atoms with E-state index in [1.807, 2.05) is 135 Å². The van der Waals surface area contributed by atoms with Crippen LogP contribution in [0.4, 0.5) is 4.79 Å². The number of hydrogen-bond acceptors (Lipinski definition) is 6. The van der Waals surface area contributed by atoms with E-state index in [0.29, 0.717) is 17.5 Å². The van der Waals surface area contributed by atoms with Gasteiger partial charge in [0.15, 0.2) is 0 Å². The fourth-order valence-electron chi connectivity index (χ4n) is 6.49. The number of likely N-dealkylation sites (tertiary alicyclic amines) is 1. The summed E-state index contributed by atoms with van der Waals surface area (Å²) >= 11 is 0. The van der Waals surface area contributed by atoms with Crippen molar-refractivity contribution in [2.75, 3.05) is 6.54 Å². The number of aryl methyl sites for hydroxylation is 2. The molecule has 0 spiro atoms. The van der Waals surface area contributed by atoms with Gasteiger partial charge in [0.25, 0.3) is 0 Å². The predicted molar refractivity (Wildman–Crippen MR) is 184 cm³/mol. The molecule has 5 rings (SSSR count). The Morgan fingerprint density at radius 3 is 2.12 bits per heavy atom. The van der Waals surface area contributed by atoms with Crippen LogP contribution in [-0.4, -0.2) is 57.3 Å². The average Bonchev–Trinajstić information content (AvgIpc) is 3.74. The summed E-state index contributed by atoms with van der Waals surface area (Å²) < 4.78 is 15.5. The van der Waals surface area contributed by atoms with Crippen molar-refractivity contribution in [3.05, 3.63) is 126 Å². The topological polar surface area (TPSA) is 114 Å². The quantitative estimate of drug-likeness (QED) is 0.113. The first-order valence-electron chi connectivity index (χ1n) is 17.0. The molecule has 0 unspecified atom stereocenters. The lowest BCUT2D eigenvalue weighted by Crippen LogP contribution is -2.58. The van der Waals surface area contributed by atoms with E-state index in [-0.39, 0.29) is 37.9 Å². The van der Waals surface area contributed by atoms with Crippen molar-refractivity contribution < 1.29 is 33.5 Å². The number of ether oxygens (including phenoxy) is 2. The highest BCUT2D eigenvalue weighted by molar-refractivity contribution is 5.87. The number of aromatic nitrogens is 2. The third-order valence-corrected chi connectivity index (χ3v) is 9.02. The van der Waals surface area contributed by atoms with E-state index in [2.05, 4.69) is 9.88 Å². The molecule has 1 aliphatic heterocycles. The SMILES string of the molecule is CC(C)[C@H](NC(=O)[C@@H]1C[C@@H](OC(=O)CCCCn2cc[n+](C)c2)CN1C(=O)OCc1ccccc1)C(O)(c1ccccc1)c1ccccc1. The van der Waals surface area contributed by atoms with Gasteiger partial charge in [-0.15, -0.1) is 0 Å². The third kappa shape index (κ3) is 8.94. The number of carbonyl (C=O) groups is 3. The molecule has 1 saturated heterocycles. The first kappa shape index (κ1) is 35.3. The van der Waals surface area contributed by atoms with Crippen molar-refractivity contribution >= 4 is 18.0 Å². The van der Waals surface area contributed by atoms with Crippen LogP contribution in [0.3, 0.4) is 0 Å². The number of amides is 2. The first-order chi connectivity index (χ1) is 23.6. The molecule has 4 aromatic rings. The summed E-state index contributed by atoms with van der Waals surface area (Å²) in [5, 5.41) is 15.6. The molecule has 1 aliphatic rings. The summed E-state index contributed by atoms with van der Waals surface area (Å²) in [7, 11) is 1.96. The molecule has 3 aromatic carbocycles. The maximum atomic E-state index is 14.2. The van der Waals surface area contributed by atoms with Gasteiger partial charge in [0.05, 0.1) is 26.2 Å². The minimum atomic E-state index is -1.58. The van der Waals surface area contributed by atoms with Crippen molar-refractivity contribution in [3.8, 4) is 0 Å². The largest absolute Gasteiger partial charge is 0.460 e. The van der Waals surface area contributed by atoms with Crippen LogP contribution in [0.15, 0.2) is 110 Å². The zero-order chi connectivity index (χ0) is 34.8. The van der Waals surface area contributed by atoms with Gasteiger partial charge < -0.3 is 19.9 Å². The van der Waals surface area contributed by atoms with Crippen molar-refractivity contribution in [1.82, 2.24) is 14.8 Å². The Labute approximate surface area is 288 Å². The molecule has 2 N–H and O–H groups in total. The first-order valence-corrected chi connectivity index (χ1v) is 17.0. The van der Waals surface area contributed by atoms with Crippen LogP contribution in [0.2, 0.25) is 0 Å². The highest BCUT2D eigenvalue weighted by atomic mass is 16.6. The molecule has 49 heavy (non-hydrogen) atoms. The van der Waals surface area contributed by atoms with Crippen LogP contribution in [0.5, 0.6) is 0 Å². The van der Waals surface area contributed by atoms with Gasteiger partial charge in [-0.05, 0) is 35.4 Å². The summed E-state index contributed by atoms with van der Waals surface area (Å²) in [6.45, 7) is 4.71. The van der Waals surface area contributed by atoms with Gasteiger partial charge in [0, 0.05) is 12.8 Å². The van der Waals surface area contributed by atoms with Crippen LogP contribution in [0.1, 0.15) is 56.2 Å². The van der Waals surface area contributed by atoms with Gasteiger partial charge in [0.2, 0.25) is 12.2 Å². The summed E-state index contributed by atoms with van der Waals surface area (Å²) in [6.07, 6.45) is 6.36. The smallest absolute Gasteiger partial charge is 0.410 e. The van der Waals surface area contributed by atoms with Crippen LogP contribution >= 0.6 is 0 Å². The van der Waals surface area contributed by atoms with Crippen molar-refractivity contribution in [3.63, 3.8) is 0 Å². The van der Waals surface area contributed by atoms with Gasteiger partial charge in [-0.2, -0.15) is 0 Å². The Hall–Kier alpha value is -4.96. The molecular weight excluding hydrogens is 620 g/mol. The Balaban J connectivity index is 1.31. The van der Waals surface area contributed by atoms with E-state index in [1.54, 1.807) is 0 Å². The number of nitrogens with one attached hydrogen (secondary N) is 1. The summed E-state index contributed by atoms with van der Waals surface area (Å²) in [5.74, 6) is -1.04. The van der Waals surface area contributed by atoms with Gasteiger partial charge >= 0.3 is 12.1 Å². The number of aliphatic hydroxyl groups is 1. The number of unbranched alkanes of at least 4 members (excludes halogenated alkanes) is 1. The standard InChI is InChI=1S/C39H46N4O6/c1-29(2)36(39(47,31-17-9-5-10-18-31)32-19-11-6-12-20-32)40-37(45)34-25-33(26-43(34)38(46)48-27-30-15-7-4-8-16-30)49-35(44)21-13-14-22-42-24-23-41(3)28-42/h4-12,15-20,23-24,28-29,33-34,36,47H,13-14,21-22,25-27H2,1-3H3/p+1/t33-,34+,36+/m1/s1. The molecule has 258 valence electrons. The van der Waals surface area contributed by atoms with Gasteiger partial charge in [0.1, 0.15) is 36.7 Å². The second-order valence-electron chi connectivity index (χ2n) is 13.1. The lowest BCUT2D eigenvalue weighted by molar-refractivity contribution is -0.671.